The zero-order chi connectivity index (χ0) is 17.8. The van der Waals surface area contributed by atoms with Gasteiger partial charge in [0.05, 0.1) is 37.2 Å². The molecule has 25 heavy (non-hydrogen) atoms. The summed E-state index contributed by atoms with van der Waals surface area (Å²) in [6.45, 7) is 4.05. The van der Waals surface area contributed by atoms with E-state index in [0.717, 1.165) is 5.69 Å². The summed E-state index contributed by atoms with van der Waals surface area (Å²) in [4.78, 5) is 12.8. The van der Waals surface area contributed by atoms with Crippen molar-refractivity contribution in [1.82, 2.24) is 19.5 Å². The molecular weight excluding hydrogens is 326 g/mol. The van der Waals surface area contributed by atoms with E-state index in [2.05, 4.69) is 15.0 Å². The smallest absolute Gasteiger partial charge is 0.166 e. The molecule has 3 heterocycles. The molecule has 0 amide bonds. The van der Waals surface area contributed by atoms with Crippen molar-refractivity contribution < 1.29 is 19.3 Å². The minimum Gasteiger partial charge on any atom is -0.388 e. The highest BCUT2D eigenvalue weighted by atomic mass is 16.7. The van der Waals surface area contributed by atoms with Crippen molar-refractivity contribution in [3.63, 3.8) is 0 Å². The third kappa shape index (κ3) is 3.48. The Morgan fingerprint density at radius 2 is 2.24 bits per heavy atom. The molecule has 1 N–H and O–H groups in total. The largest absolute Gasteiger partial charge is 0.388 e. The Morgan fingerprint density at radius 3 is 3.00 bits per heavy atom. The second-order valence-corrected chi connectivity index (χ2v) is 5.81. The van der Waals surface area contributed by atoms with Crippen molar-refractivity contribution >= 4 is 11.2 Å². The molecule has 2 aromatic heterocycles. The first-order valence-electron chi connectivity index (χ1n) is 8.21. The molecule has 0 bridgehead atoms. The number of fused-ring (bicyclic) bond motifs is 1. The van der Waals surface area contributed by atoms with Gasteiger partial charge in [-0.25, -0.2) is 15.0 Å². The van der Waals surface area contributed by atoms with Gasteiger partial charge in [0.2, 0.25) is 0 Å². The zero-order valence-electron chi connectivity index (χ0n) is 14.2. The minimum atomic E-state index is -0.796. The maximum absolute atomic E-state index is 10.5. The number of imidazole rings is 1. The first-order valence-corrected chi connectivity index (χ1v) is 8.21. The highest BCUT2D eigenvalue weighted by Gasteiger charge is 2.45. The molecule has 134 valence electrons. The average Bonchev–Trinajstić information content (AvgIpc) is 3.17. The fourth-order valence-corrected chi connectivity index (χ4v) is 2.92. The normalized spacial score (nSPS) is 26.2. The van der Waals surface area contributed by atoms with Crippen LogP contribution in [0.2, 0.25) is 0 Å². The van der Waals surface area contributed by atoms with Gasteiger partial charge in [-0.3, -0.25) is 4.57 Å². The van der Waals surface area contributed by atoms with Crippen LogP contribution in [-0.2, 0) is 14.2 Å². The highest BCUT2D eigenvalue weighted by molar-refractivity contribution is 5.72. The van der Waals surface area contributed by atoms with E-state index in [9.17, 15) is 5.11 Å². The van der Waals surface area contributed by atoms with Crippen LogP contribution in [0.5, 0.6) is 0 Å². The number of aliphatic hydroxyl groups excluding tert-OH is 1. The molecule has 0 saturated carbocycles. The van der Waals surface area contributed by atoms with Crippen LogP contribution in [0.25, 0.3) is 11.2 Å². The van der Waals surface area contributed by atoms with Crippen molar-refractivity contribution in [2.75, 3.05) is 13.4 Å². The van der Waals surface area contributed by atoms with Gasteiger partial charge in [0, 0.05) is 0 Å². The predicted molar refractivity (Wildman–Crippen MR) is 86.2 cm³/mol. The number of ether oxygens (including phenoxy) is 3. The molecule has 0 aromatic carbocycles. The van der Waals surface area contributed by atoms with Gasteiger partial charge in [0.15, 0.2) is 11.9 Å². The van der Waals surface area contributed by atoms with E-state index in [1.54, 1.807) is 10.9 Å². The van der Waals surface area contributed by atoms with E-state index >= 15 is 0 Å². The lowest BCUT2D eigenvalue weighted by molar-refractivity contribution is -0.137. The van der Waals surface area contributed by atoms with Gasteiger partial charge in [-0.05, 0) is 13.3 Å². The lowest BCUT2D eigenvalue weighted by Crippen LogP contribution is -2.34. The van der Waals surface area contributed by atoms with E-state index in [-0.39, 0.29) is 25.9 Å². The molecule has 1 aliphatic rings. The monoisotopic (exact) mass is 347 g/mol. The van der Waals surface area contributed by atoms with Gasteiger partial charge in [-0.1, -0.05) is 6.92 Å². The van der Waals surface area contributed by atoms with E-state index in [0.29, 0.717) is 17.6 Å². The van der Waals surface area contributed by atoms with Crippen LogP contribution in [0.3, 0.4) is 0 Å². The van der Waals surface area contributed by atoms with Gasteiger partial charge in [-0.2, -0.15) is 5.26 Å². The molecule has 3 rings (SSSR count). The first-order chi connectivity index (χ1) is 12.2. The highest BCUT2D eigenvalue weighted by Crippen LogP contribution is 2.34. The molecular formula is C16H21N5O4. The van der Waals surface area contributed by atoms with Gasteiger partial charge in [0.25, 0.3) is 0 Å². The summed E-state index contributed by atoms with van der Waals surface area (Å²) in [6.07, 6.45) is 1.68. The number of aliphatic hydroxyl groups is 1. The van der Waals surface area contributed by atoms with E-state index in [1.165, 1.54) is 6.33 Å². The molecule has 9 nitrogen and oxygen atoms in total. The molecule has 1 saturated heterocycles. The van der Waals surface area contributed by atoms with Crippen LogP contribution in [0.4, 0.5) is 0 Å². The number of aryl methyl sites for hydroxylation is 1. The molecule has 1 unspecified atom stereocenters. The number of hydrogen-bond acceptors (Lipinski definition) is 8. The van der Waals surface area contributed by atoms with Crippen molar-refractivity contribution in [2.45, 2.75) is 51.2 Å². The number of hydrogen-bond donors (Lipinski definition) is 1. The summed E-state index contributed by atoms with van der Waals surface area (Å²) >= 11 is 0. The maximum atomic E-state index is 10.5. The lowest BCUT2D eigenvalue weighted by atomic mass is 10.1. The van der Waals surface area contributed by atoms with Crippen LogP contribution in [0.15, 0.2) is 12.7 Å². The lowest BCUT2D eigenvalue weighted by Gasteiger charge is -2.21. The summed E-state index contributed by atoms with van der Waals surface area (Å²) < 4.78 is 18.7. The molecule has 2 aromatic rings. The Hall–Kier alpha value is -2.12. The van der Waals surface area contributed by atoms with E-state index < -0.39 is 18.4 Å². The summed E-state index contributed by atoms with van der Waals surface area (Å²) in [6, 6.07) is 2.00. The number of rotatable bonds is 7. The number of nitriles is 1. The standard InChI is InChI=1S/C16H21N5O4/c1-3-11-13(22)14(24-9-23-6-4-5-17)16(25-11)21-8-20-12-10(2)18-7-19-15(12)21/h7-8,11,13-14,16,22H,3-4,6,9H2,1-2H3/t11-,13?,14+,16-/m1/s1. The quantitative estimate of drug-likeness (QED) is 0.584. The summed E-state index contributed by atoms with van der Waals surface area (Å²) in [7, 11) is 0. The van der Waals surface area contributed by atoms with Crippen molar-refractivity contribution in [3.8, 4) is 6.07 Å². The zero-order valence-corrected chi connectivity index (χ0v) is 14.2. The predicted octanol–water partition coefficient (Wildman–Crippen LogP) is 1.08. The Labute approximate surface area is 145 Å². The van der Waals surface area contributed by atoms with Crippen molar-refractivity contribution in [3.05, 3.63) is 18.3 Å². The first kappa shape index (κ1) is 17.7. The molecule has 1 fully saturated rings. The van der Waals surface area contributed by atoms with E-state index in [4.69, 9.17) is 19.5 Å². The fraction of sp³-hybridized carbons (Fsp3) is 0.625. The Balaban J connectivity index is 1.81. The van der Waals surface area contributed by atoms with Crippen molar-refractivity contribution in [2.24, 2.45) is 0 Å². The molecule has 0 radical (unpaired) electrons. The SMILES string of the molecule is CC[C@H]1O[C@@H](n2cnc3c(C)ncnc32)[C@@H](OCOCCC#N)C1O. The Kier molecular flexibility index (Phi) is 5.55. The minimum absolute atomic E-state index is 0.0274. The molecule has 1 aliphatic heterocycles. The third-order valence-corrected chi connectivity index (χ3v) is 4.23. The van der Waals surface area contributed by atoms with Crippen LogP contribution in [-0.4, -0.2) is 56.3 Å². The van der Waals surface area contributed by atoms with Crippen LogP contribution in [0, 0.1) is 18.3 Å². The summed E-state index contributed by atoms with van der Waals surface area (Å²) in [5.41, 5.74) is 2.08. The molecule has 0 aliphatic carbocycles. The average molecular weight is 347 g/mol. The van der Waals surface area contributed by atoms with Crippen molar-refractivity contribution in [1.29, 1.82) is 5.26 Å². The van der Waals surface area contributed by atoms with Crippen LogP contribution >= 0.6 is 0 Å². The van der Waals surface area contributed by atoms with Gasteiger partial charge in [-0.15, -0.1) is 0 Å². The second kappa shape index (κ2) is 7.84. The molecule has 4 atom stereocenters. The maximum Gasteiger partial charge on any atom is 0.166 e. The van der Waals surface area contributed by atoms with Crippen LogP contribution < -0.4 is 0 Å². The summed E-state index contributed by atoms with van der Waals surface area (Å²) in [5, 5.41) is 19.0. The second-order valence-electron chi connectivity index (χ2n) is 5.81. The Morgan fingerprint density at radius 1 is 1.40 bits per heavy atom. The van der Waals surface area contributed by atoms with E-state index in [1.807, 2.05) is 19.9 Å². The fourth-order valence-electron chi connectivity index (χ4n) is 2.92. The molecule has 9 heteroatoms. The topological polar surface area (TPSA) is 115 Å². The summed E-state index contributed by atoms with van der Waals surface area (Å²) in [5.74, 6) is 0. The van der Waals surface area contributed by atoms with Gasteiger partial charge >= 0.3 is 0 Å². The Bertz CT molecular complexity index is 759. The van der Waals surface area contributed by atoms with Gasteiger partial charge in [0.1, 0.15) is 30.8 Å². The number of nitrogens with zero attached hydrogens (tertiary/aromatic N) is 5. The molecule has 0 spiro atoms. The third-order valence-electron chi connectivity index (χ3n) is 4.23. The van der Waals surface area contributed by atoms with Gasteiger partial charge < -0.3 is 19.3 Å². The number of aromatic nitrogens is 4. The van der Waals surface area contributed by atoms with Crippen LogP contribution in [0.1, 0.15) is 31.7 Å².